The predicted octanol–water partition coefficient (Wildman–Crippen LogP) is 3.60. The molecule has 0 amide bonds. The molecule has 0 fully saturated rings. The number of carbonyl (C=O) groups is 1. The first-order valence-electron chi connectivity index (χ1n) is 8.17. The maximum atomic E-state index is 12.5. The van der Waals surface area contributed by atoms with Gasteiger partial charge in [0.2, 0.25) is 0 Å². The molecule has 0 N–H and O–H groups in total. The van der Waals surface area contributed by atoms with Crippen LogP contribution in [-0.2, 0) is 0 Å². The number of furan rings is 1. The topological polar surface area (TPSA) is 91.1 Å². The summed E-state index contributed by atoms with van der Waals surface area (Å²) in [6.07, 6.45) is 0.637. The first kappa shape index (κ1) is 15.3. The smallest absolute Gasteiger partial charge is 0.364 e. The van der Waals surface area contributed by atoms with E-state index in [9.17, 15) is 9.59 Å². The van der Waals surface area contributed by atoms with E-state index < -0.39 is 5.63 Å². The molecular weight excluding hydrogens is 346 g/mol. The van der Waals surface area contributed by atoms with Crippen molar-refractivity contribution in [2.75, 3.05) is 0 Å². The van der Waals surface area contributed by atoms with Crippen LogP contribution in [0.2, 0.25) is 0 Å². The molecule has 7 heteroatoms. The molecule has 7 nitrogen and oxygen atoms in total. The fraction of sp³-hybridized carbons (Fsp3) is 0. The minimum atomic E-state index is -0.548. The van der Waals surface area contributed by atoms with Gasteiger partial charge >= 0.3 is 5.63 Å². The van der Waals surface area contributed by atoms with Gasteiger partial charge in [0.1, 0.15) is 22.4 Å². The Labute approximate surface area is 151 Å². The van der Waals surface area contributed by atoms with E-state index in [0.717, 1.165) is 5.39 Å². The Balaban J connectivity index is 1.63. The highest BCUT2D eigenvalue weighted by Gasteiger charge is 2.13. The van der Waals surface area contributed by atoms with Gasteiger partial charge in [0.25, 0.3) is 0 Å². The van der Waals surface area contributed by atoms with Gasteiger partial charge in [-0.1, -0.05) is 24.3 Å². The number of hydrogen-bond acceptors (Lipinski definition) is 6. The van der Waals surface area contributed by atoms with Crippen LogP contribution in [0.25, 0.3) is 39.0 Å². The average molecular weight is 357 g/mol. The van der Waals surface area contributed by atoms with Crippen molar-refractivity contribution in [3.05, 3.63) is 76.8 Å². The summed E-state index contributed by atoms with van der Waals surface area (Å²) < 4.78 is 10.9. The van der Waals surface area contributed by atoms with Crippen molar-refractivity contribution in [1.29, 1.82) is 0 Å². The van der Waals surface area contributed by atoms with Crippen LogP contribution in [0.3, 0.4) is 0 Å². The van der Waals surface area contributed by atoms with Crippen LogP contribution in [0.5, 0.6) is 0 Å². The molecule has 0 aliphatic rings. The maximum Gasteiger partial charge on any atom is 0.364 e. The molecule has 130 valence electrons. The SMILES string of the molecule is O=Cc1ccc(-c2ccc3cc(-n4nc5ccccc5n4)c(=O)oc3c2)o1. The third kappa shape index (κ3) is 2.53. The van der Waals surface area contributed by atoms with Crippen LogP contribution in [0.1, 0.15) is 10.6 Å². The van der Waals surface area contributed by atoms with Crippen molar-refractivity contribution in [3.8, 4) is 17.0 Å². The molecule has 0 unspecified atom stereocenters. The second-order valence-electron chi connectivity index (χ2n) is 5.97. The minimum Gasteiger partial charge on any atom is -0.453 e. The molecule has 27 heavy (non-hydrogen) atoms. The second kappa shape index (κ2) is 5.77. The van der Waals surface area contributed by atoms with Crippen molar-refractivity contribution in [2.45, 2.75) is 0 Å². The summed E-state index contributed by atoms with van der Waals surface area (Å²) in [5, 5.41) is 9.37. The zero-order chi connectivity index (χ0) is 18.4. The zero-order valence-corrected chi connectivity index (χ0v) is 13.8. The van der Waals surface area contributed by atoms with E-state index in [4.69, 9.17) is 8.83 Å². The molecule has 0 spiro atoms. The number of nitrogens with zero attached hydrogens (tertiary/aromatic N) is 3. The summed E-state index contributed by atoms with van der Waals surface area (Å²) in [7, 11) is 0. The van der Waals surface area contributed by atoms with Crippen LogP contribution in [0.15, 0.2) is 74.3 Å². The molecule has 5 aromatic rings. The molecule has 3 aromatic heterocycles. The second-order valence-corrected chi connectivity index (χ2v) is 5.97. The molecule has 3 heterocycles. The highest BCUT2D eigenvalue weighted by atomic mass is 16.4. The zero-order valence-electron chi connectivity index (χ0n) is 13.8. The lowest BCUT2D eigenvalue weighted by Gasteiger charge is -2.03. The maximum absolute atomic E-state index is 12.5. The Morgan fingerprint density at radius 2 is 1.67 bits per heavy atom. The lowest BCUT2D eigenvalue weighted by Crippen LogP contribution is -2.12. The minimum absolute atomic E-state index is 0.229. The number of carbonyl (C=O) groups excluding carboxylic acids is 1. The van der Waals surface area contributed by atoms with E-state index in [-0.39, 0.29) is 11.4 Å². The Bertz CT molecular complexity index is 1340. The molecular formula is C20H11N3O4. The standard InChI is InChI=1S/C20H11N3O4/c24-11-14-7-8-18(26-14)13-6-5-12-9-17(20(25)27-19(12)10-13)23-21-15-3-1-2-4-16(15)22-23/h1-11H. The number of hydrogen-bond donors (Lipinski definition) is 0. The fourth-order valence-electron chi connectivity index (χ4n) is 2.93. The van der Waals surface area contributed by atoms with Gasteiger partial charge in [0.15, 0.2) is 17.7 Å². The number of aromatic nitrogens is 3. The third-order valence-electron chi connectivity index (χ3n) is 4.25. The Morgan fingerprint density at radius 3 is 2.37 bits per heavy atom. The van der Waals surface area contributed by atoms with Crippen molar-refractivity contribution in [1.82, 2.24) is 15.0 Å². The normalized spacial score (nSPS) is 11.3. The van der Waals surface area contributed by atoms with Crippen molar-refractivity contribution < 1.29 is 13.6 Å². The van der Waals surface area contributed by atoms with E-state index in [1.165, 1.54) is 4.80 Å². The van der Waals surface area contributed by atoms with Crippen LogP contribution in [-0.4, -0.2) is 21.3 Å². The summed E-state index contributed by atoms with van der Waals surface area (Å²) >= 11 is 0. The third-order valence-corrected chi connectivity index (χ3v) is 4.25. The van der Waals surface area contributed by atoms with Crippen molar-refractivity contribution in [2.24, 2.45) is 0 Å². The number of benzene rings is 2. The Hall–Kier alpha value is -4.00. The van der Waals surface area contributed by atoms with Gasteiger partial charge in [-0.05, 0) is 36.4 Å². The first-order chi connectivity index (χ1) is 13.2. The van der Waals surface area contributed by atoms with Gasteiger partial charge in [0.05, 0.1) is 0 Å². The lowest BCUT2D eigenvalue weighted by atomic mass is 10.1. The summed E-state index contributed by atoms with van der Waals surface area (Å²) in [6, 6.07) is 17.7. The van der Waals surface area contributed by atoms with Gasteiger partial charge in [-0.3, -0.25) is 4.79 Å². The van der Waals surface area contributed by atoms with Gasteiger partial charge in [0, 0.05) is 10.9 Å². The number of aldehydes is 1. The summed E-state index contributed by atoms with van der Waals surface area (Å²) in [5.41, 5.74) is 2.17. The highest BCUT2D eigenvalue weighted by Crippen LogP contribution is 2.26. The molecule has 0 bridgehead atoms. The summed E-state index contributed by atoms with van der Waals surface area (Å²) in [4.78, 5) is 24.5. The van der Waals surface area contributed by atoms with Crippen LogP contribution in [0, 0.1) is 0 Å². The summed E-state index contributed by atoms with van der Waals surface area (Å²) in [5.74, 6) is 0.754. The average Bonchev–Trinajstić information content (AvgIpc) is 3.33. The molecule has 5 rings (SSSR count). The van der Waals surface area contributed by atoms with Gasteiger partial charge in [-0.25, -0.2) is 4.79 Å². The van der Waals surface area contributed by atoms with Crippen molar-refractivity contribution >= 4 is 28.3 Å². The first-order valence-corrected chi connectivity index (χ1v) is 8.17. The van der Waals surface area contributed by atoms with E-state index in [1.54, 1.807) is 24.3 Å². The number of fused-ring (bicyclic) bond motifs is 2. The van der Waals surface area contributed by atoms with Gasteiger partial charge in [-0.2, -0.15) is 0 Å². The Kier molecular flexibility index (Phi) is 3.26. The van der Waals surface area contributed by atoms with E-state index in [1.807, 2.05) is 36.4 Å². The molecule has 2 aromatic carbocycles. The molecule has 0 atom stereocenters. The molecule has 0 saturated carbocycles. The lowest BCUT2D eigenvalue weighted by molar-refractivity contribution is 0.110. The van der Waals surface area contributed by atoms with E-state index >= 15 is 0 Å². The van der Waals surface area contributed by atoms with Crippen molar-refractivity contribution in [3.63, 3.8) is 0 Å². The molecule has 0 saturated heterocycles. The van der Waals surface area contributed by atoms with E-state index in [0.29, 0.717) is 34.2 Å². The number of rotatable bonds is 3. The molecule has 0 radical (unpaired) electrons. The predicted molar refractivity (Wildman–Crippen MR) is 98.0 cm³/mol. The monoisotopic (exact) mass is 357 g/mol. The van der Waals surface area contributed by atoms with Crippen LogP contribution in [0.4, 0.5) is 0 Å². The molecule has 0 aliphatic heterocycles. The van der Waals surface area contributed by atoms with Gasteiger partial charge < -0.3 is 8.83 Å². The fourth-order valence-corrected chi connectivity index (χ4v) is 2.93. The van der Waals surface area contributed by atoms with Crippen LogP contribution >= 0.6 is 0 Å². The largest absolute Gasteiger partial charge is 0.453 e. The molecule has 0 aliphatic carbocycles. The van der Waals surface area contributed by atoms with Crippen LogP contribution < -0.4 is 5.63 Å². The summed E-state index contributed by atoms with van der Waals surface area (Å²) in [6.45, 7) is 0. The van der Waals surface area contributed by atoms with E-state index in [2.05, 4.69) is 10.2 Å². The highest BCUT2D eigenvalue weighted by molar-refractivity contribution is 5.83. The Morgan fingerprint density at radius 1 is 0.889 bits per heavy atom. The van der Waals surface area contributed by atoms with Gasteiger partial charge in [-0.15, -0.1) is 15.0 Å². The quantitative estimate of drug-likeness (QED) is 0.362.